The van der Waals surface area contributed by atoms with Crippen molar-refractivity contribution in [3.8, 4) is 17.1 Å². The van der Waals surface area contributed by atoms with Gasteiger partial charge in [-0.25, -0.2) is 0 Å². The van der Waals surface area contributed by atoms with Gasteiger partial charge in [-0.15, -0.1) is 5.10 Å². The Morgan fingerprint density at radius 2 is 1.76 bits per heavy atom. The summed E-state index contributed by atoms with van der Waals surface area (Å²) in [7, 11) is 0. The number of hydrogen-bond donors (Lipinski definition) is 1. The maximum atomic E-state index is 6.01. The minimum absolute atomic E-state index is 0.654. The Morgan fingerprint density at radius 3 is 2.48 bits per heavy atom. The Morgan fingerprint density at radius 1 is 1.05 bits per heavy atom. The number of nitrogen functional groups attached to an aromatic ring is 1. The Bertz CT molecular complexity index is 792. The molecule has 2 aromatic carbocycles. The van der Waals surface area contributed by atoms with Crippen LogP contribution >= 0.6 is 11.6 Å². The van der Waals surface area contributed by atoms with Crippen LogP contribution in [0.1, 0.15) is 11.1 Å². The van der Waals surface area contributed by atoms with Gasteiger partial charge in [0.25, 0.3) is 0 Å². The molecule has 0 saturated carbocycles. The molecule has 0 unspecified atom stereocenters. The van der Waals surface area contributed by atoms with Gasteiger partial charge in [0.1, 0.15) is 0 Å². The van der Waals surface area contributed by atoms with Gasteiger partial charge in [-0.3, -0.25) is 0 Å². The van der Waals surface area contributed by atoms with Crippen molar-refractivity contribution in [1.29, 1.82) is 0 Å². The summed E-state index contributed by atoms with van der Waals surface area (Å²) in [5.74, 6) is 0.654. The molecule has 0 bridgehead atoms. The molecule has 0 aliphatic carbocycles. The van der Waals surface area contributed by atoms with Crippen molar-refractivity contribution in [2.24, 2.45) is 0 Å². The smallest absolute Gasteiger partial charge is 0.187 e. The van der Waals surface area contributed by atoms with Crippen molar-refractivity contribution in [3.05, 3.63) is 52.5 Å². The van der Waals surface area contributed by atoms with Crippen LogP contribution in [0.2, 0.25) is 5.02 Å². The number of rotatable bonds is 2. The number of aromatic nitrogens is 4. The second kappa shape index (κ2) is 5.18. The summed E-state index contributed by atoms with van der Waals surface area (Å²) in [6, 6.07) is 11.3. The largest absolute Gasteiger partial charge is 0.398 e. The molecule has 0 fully saturated rings. The Balaban J connectivity index is 2.15. The summed E-state index contributed by atoms with van der Waals surface area (Å²) in [6.45, 7) is 4.00. The average Bonchev–Trinajstić information content (AvgIpc) is 2.93. The lowest BCUT2D eigenvalue weighted by Gasteiger charge is -2.10. The lowest BCUT2D eigenvalue weighted by molar-refractivity contribution is 0.791. The first-order chi connectivity index (χ1) is 10.1. The molecule has 1 aromatic heterocycles. The van der Waals surface area contributed by atoms with E-state index < -0.39 is 0 Å². The molecule has 0 aliphatic heterocycles. The second-order valence-corrected chi connectivity index (χ2v) is 5.35. The molecule has 0 amide bonds. The summed E-state index contributed by atoms with van der Waals surface area (Å²) >= 11 is 5.92. The molecule has 0 saturated heterocycles. The van der Waals surface area contributed by atoms with Crippen LogP contribution in [0.3, 0.4) is 0 Å². The number of benzene rings is 2. The SMILES string of the molecule is Cc1cc(C)c(-c2nnnn2-c2ccc(Cl)cc2)cc1N. The van der Waals surface area contributed by atoms with E-state index in [1.165, 1.54) is 0 Å². The molecule has 6 heteroatoms. The molecule has 0 atom stereocenters. The van der Waals surface area contributed by atoms with Gasteiger partial charge in [0, 0.05) is 16.3 Å². The van der Waals surface area contributed by atoms with E-state index in [-0.39, 0.29) is 0 Å². The molecule has 5 nitrogen and oxygen atoms in total. The maximum Gasteiger partial charge on any atom is 0.187 e. The predicted molar refractivity (Wildman–Crippen MR) is 83.5 cm³/mol. The number of nitrogens with two attached hydrogens (primary N) is 1. The molecule has 106 valence electrons. The highest BCUT2D eigenvalue weighted by atomic mass is 35.5. The molecule has 0 aliphatic rings. The first-order valence-corrected chi connectivity index (χ1v) is 6.85. The van der Waals surface area contributed by atoms with Crippen molar-refractivity contribution < 1.29 is 0 Å². The minimum Gasteiger partial charge on any atom is -0.398 e. The fourth-order valence-electron chi connectivity index (χ4n) is 2.22. The summed E-state index contributed by atoms with van der Waals surface area (Å²) in [5, 5.41) is 12.6. The molecule has 1 heterocycles. The van der Waals surface area contributed by atoms with Gasteiger partial charge in [-0.1, -0.05) is 17.7 Å². The van der Waals surface area contributed by atoms with Crippen LogP contribution in [-0.2, 0) is 0 Å². The van der Waals surface area contributed by atoms with Crippen LogP contribution in [0.15, 0.2) is 36.4 Å². The third-order valence-electron chi connectivity index (χ3n) is 3.39. The van der Waals surface area contributed by atoms with E-state index in [1.54, 1.807) is 16.8 Å². The number of hydrogen-bond acceptors (Lipinski definition) is 4. The first kappa shape index (κ1) is 13.6. The van der Waals surface area contributed by atoms with Gasteiger partial charge < -0.3 is 5.73 Å². The van der Waals surface area contributed by atoms with Crippen molar-refractivity contribution in [2.45, 2.75) is 13.8 Å². The third-order valence-corrected chi connectivity index (χ3v) is 3.65. The molecule has 21 heavy (non-hydrogen) atoms. The second-order valence-electron chi connectivity index (χ2n) is 4.91. The normalized spacial score (nSPS) is 10.8. The zero-order chi connectivity index (χ0) is 15.0. The van der Waals surface area contributed by atoms with Crippen LogP contribution < -0.4 is 5.73 Å². The van der Waals surface area contributed by atoms with E-state index in [1.807, 2.05) is 38.1 Å². The predicted octanol–water partition coefficient (Wildman–Crippen LogP) is 3.18. The number of anilines is 1. The zero-order valence-corrected chi connectivity index (χ0v) is 12.5. The number of nitrogens with zero attached hydrogens (tertiary/aromatic N) is 4. The molecule has 2 N–H and O–H groups in total. The van der Waals surface area contributed by atoms with E-state index in [0.717, 1.165) is 28.1 Å². The lowest BCUT2D eigenvalue weighted by Crippen LogP contribution is -2.02. The summed E-state index contributed by atoms with van der Waals surface area (Å²) in [6.07, 6.45) is 0. The average molecular weight is 300 g/mol. The van der Waals surface area contributed by atoms with E-state index >= 15 is 0 Å². The fraction of sp³-hybridized carbons (Fsp3) is 0.133. The van der Waals surface area contributed by atoms with Crippen LogP contribution in [0.25, 0.3) is 17.1 Å². The number of tetrazole rings is 1. The van der Waals surface area contributed by atoms with Crippen molar-refractivity contribution in [3.63, 3.8) is 0 Å². The summed E-state index contributed by atoms with van der Waals surface area (Å²) in [5.41, 5.74) is 10.6. The van der Waals surface area contributed by atoms with E-state index in [0.29, 0.717) is 10.8 Å². The van der Waals surface area contributed by atoms with Gasteiger partial charge >= 0.3 is 0 Å². The van der Waals surface area contributed by atoms with Gasteiger partial charge in [-0.05, 0) is 65.7 Å². The first-order valence-electron chi connectivity index (χ1n) is 6.47. The Labute approximate surface area is 127 Å². The van der Waals surface area contributed by atoms with Crippen LogP contribution in [0, 0.1) is 13.8 Å². The van der Waals surface area contributed by atoms with Crippen molar-refractivity contribution in [1.82, 2.24) is 20.2 Å². The highest BCUT2D eigenvalue weighted by Crippen LogP contribution is 2.27. The fourth-order valence-corrected chi connectivity index (χ4v) is 2.35. The van der Waals surface area contributed by atoms with Crippen molar-refractivity contribution >= 4 is 17.3 Å². The van der Waals surface area contributed by atoms with Crippen LogP contribution in [0.5, 0.6) is 0 Å². The quantitative estimate of drug-likeness (QED) is 0.738. The van der Waals surface area contributed by atoms with Crippen molar-refractivity contribution in [2.75, 3.05) is 5.73 Å². The minimum atomic E-state index is 0.654. The topological polar surface area (TPSA) is 69.6 Å². The third kappa shape index (κ3) is 2.48. The Kier molecular flexibility index (Phi) is 3.35. The molecule has 3 rings (SSSR count). The number of halogens is 1. The van der Waals surface area contributed by atoms with Crippen LogP contribution in [0.4, 0.5) is 5.69 Å². The molecule has 3 aromatic rings. The highest BCUT2D eigenvalue weighted by Gasteiger charge is 2.14. The zero-order valence-electron chi connectivity index (χ0n) is 11.7. The van der Waals surface area contributed by atoms with Gasteiger partial charge in [0.2, 0.25) is 0 Å². The standard InChI is InChI=1S/C15H14ClN5/c1-9-7-10(2)14(17)8-13(9)15-18-19-20-21(15)12-5-3-11(16)4-6-12/h3-8H,17H2,1-2H3. The van der Waals surface area contributed by atoms with E-state index in [9.17, 15) is 0 Å². The van der Waals surface area contributed by atoms with E-state index in [4.69, 9.17) is 17.3 Å². The highest BCUT2D eigenvalue weighted by molar-refractivity contribution is 6.30. The van der Waals surface area contributed by atoms with Gasteiger partial charge in [-0.2, -0.15) is 4.68 Å². The molecule has 0 radical (unpaired) electrons. The lowest BCUT2D eigenvalue weighted by atomic mass is 10.0. The number of aryl methyl sites for hydroxylation is 2. The Hall–Kier alpha value is -2.40. The maximum absolute atomic E-state index is 6.01. The molecular formula is C15H14ClN5. The van der Waals surface area contributed by atoms with Gasteiger partial charge in [0.15, 0.2) is 5.82 Å². The summed E-state index contributed by atoms with van der Waals surface area (Å²) < 4.78 is 1.67. The van der Waals surface area contributed by atoms with Gasteiger partial charge in [0.05, 0.1) is 5.69 Å². The summed E-state index contributed by atoms with van der Waals surface area (Å²) in [4.78, 5) is 0. The molecule has 0 spiro atoms. The monoisotopic (exact) mass is 299 g/mol. The molecular weight excluding hydrogens is 286 g/mol. The van der Waals surface area contributed by atoms with Crippen LogP contribution in [-0.4, -0.2) is 20.2 Å². The van der Waals surface area contributed by atoms with E-state index in [2.05, 4.69) is 15.5 Å².